The predicted molar refractivity (Wildman–Crippen MR) is 74.7 cm³/mol. The molecule has 4 heteroatoms. The zero-order chi connectivity index (χ0) is 12.8. The van der Waals surface area contributed by atoms with Gasteiger partial charge in [-0.15, -0.1) is 0 Å². The Labute approximate surface area is 111 Å². The van der Waals surface area contributed by atoms with Crippen molar-refractivity contribution in [1.29, 1.82) is 0 Å². The van der Waals surface area contributed by atoms with Crippen molar-refractivity contribution in [2.24, 2.45) is 16.1 Å². The van der Waals surface area contributed by atoms with Crippen LogP contribution in [0.25, 0.3) is 0 Å². The van der Waals surface area contributed by atoms with Crippen molar-refractivity contribution < 1.29 is 4.74 Å². The molecule has 1 saturated heterocycles. The first kappa shape index (κ1) is 13.7. The van der Waals surface area contributed by atoms with Crippen LogP contribution < -0.4 is 5.73 Å². The summed E-state index contributed by atoms with van der Waals surface area (Å²) in [7, 11) is 1.78. The molecule has 0 spiro atoms. The van der Waals surface area contributed by atoms with Crippen LogP contribution in [0.2, 0.25) is 0 Å². The van der Waals surface area contributed by atoms with Gasteiger partial charge in [0, 0.05) is 33.4 Å². The van der Waals surface area contributed by atoms with Crippen molar-refractivity contribution in [2.75, 3.05) is 33.4 Å². The number of guanidine groups is 1. The molecule has 0 bridgehead atoms. The first-order valence-electron chi connectivity index (χ1n) is 7.30. The Balaban J connectivity index is 1.83. The summed E-state index contributed by atoms with van der Waals surface area (Å²) in [5, 5.41) is 0. The minimum Gasteiger partial charge on any atom is -0.385 e. The van der Waals surface area contributed by atoms with Gasteiger partial charge >= 0.3 is 0 Å². The molecule has 1 aliphatic heterocycles. The number of hydrogen-bond acceptors (Lipinski definition) is 2. The molecule has 2 rings (SSSR count). The molecule has 1 saturated carbocycles. The number of piperidine rings is 1. The third-order valence-corrected chi connectivity index (χ3v) is 4.51. The number of ether oxygens (including phenoxy) is 1. The summed E-state index contributed by atoms with van der Waals surface area (Å²) < 4.78 is 5.21. The maximum absolute atomic E-state index is 6.11. The minimum absolute atomic E-state index is 0.385. The van der Waals surface area contributed by atoms with Crippen LogP contribution in [-0.2, 0) is 4.74 Å². The smallest absolute Gasteiger partial charge is 0.191 e. The molecule has 4 nitrogen and oxygen atoms in total. The molecular formula is C14H27N3O. The van der Waals surface area contributed by atoms with E-state index in [2.05, 4.69) is 9.89 Å². The number of methoxy groups -OCH3 is 1. The fourth-order valence-corrected chi connectivity index (χ4v) is 2.95. The van der Waals surface area contributed by atoms with E-state index in [1.54, 1.807) is 7.11 Å². The van der Waals surface area contributed by atoms with Crippen LogP contribution >= 0.6 is 0 Å². The van der Waals surface area contributed by atoms with E-state index in [4.69, 9.17) is 10.5 Å². The Morgan fingerprint density at radius 1 is 1.22 bits per heavy atom. The second-order valence-corrected chi connectivity index (χ2v) is 5.82. The van der Waals surface area contributed by atoms with Crippen LogP contribution in [0.5, 0.6) is 0 Å². The maximum Gasteiger partial charge on any atom is 0.191 e. The van der Waals surface area contributed by atoms with Crippen molar-refractivity contribution in [1.82, 2.24) is 4.90 Å². The average molecular weight is 253 g/mol. The first-order chi connectivity index (χ1) is 8.76. The summed E-state index contributed by atoms with van der Waals surface area (Å²) >= 11 is 0. The monoisotopic (exact) mass is 253 g/mol. The summed E-state index contributed by atoms with van der Waals surface area (Å²) in [6.07, 6.45) is 8.88. The van der Waals surface area contributed by atoms with Gasteiger partial charge in [0.25, 0.3) is 0 Å². The van der Waals surface area contributed by atoms with Crippen LogP contribution in [0.3, 0.4) is 0 Å². The van der Waals surface area contributed by atoms with E-state index in [0.717, 1.165) is 38.6 Å². The number of aliphatic imine (C=N–C) groups is 1. The molecule has 2 fully saturated rings. The zero-order valence-corrected chi connectivity index (χ0v) is 11.7. The van der Waals surface area contributed by atoms with Gasteiger partial charge in [-0.2, -0.15) is 0 Å². The van der Waals surface area contributed by atoms with E-state index >= 15 is 0 Å². The topological polar surface area (TPSA) is 50.9 Å². The normalized spacial score (nSPS) is 23.8. The fourth-order valence-electron chi connectivity index (χ4n) is 2.95. The second kappa shape index (κ2) is 6.41. The molecule has 0 amide bonds. The summed E-state index contributed by atoms with van der Waals surface area (Å²) in [6.45, 7) is 3.90. The van der Waals surface area contributed by atoms with Crippen molar-refractivity contribution in [3.63, 3.8) is 0 Å². The van der Waals surface area contributed by atoms with Crippen molar-refractivity contribution >= 4 is 5.96 Å². The minimum atomic E-state index is 0.385. The van der Waals surface area contributed by atoms with E-state index in [0.29, 0.717) is 5.41 Å². The molecule has 1 aliphatic carbocycles. The van der Waals surface area contributed by atoms with Gasteiger partial charge in [-0.25, -0.2) is 0 Å². The van der Waals surface area contributed by atoms with Crippen molar-refractivity contribution in [2.45, 2.75) is 44.9 Å². The number of nitrogens with two attached hydrogens (primary N) is 1. The lowest BCUT2D eigenvalue weighted by Gasteiger charge is -2.41. The lowest BCUT2D eigenvalue weighted by Crippen LogP contribution is -2.42. The zero-order valence-electron chi connectivity index (χ0n) is 11.7. The number of hydrogen-bond donors (Lipinski definition) is 1. The highest BCUT2D eigenvalue weighted by molar-refractivity contribution is 5.78. The van der Waals surface area contributed by atoms with Gasteiger partial charge in [0.15, 0.2) is 5.96 Å². The van der Waals surface area contributed by atoms with Gasteiger partial charge in [0.05, 0.1) is 0 Å². The molecule has 104 valence electrons. The predicted octanol–water partition coefficient (Wildman–Crippen LogP) is 1.99. The standard InChI is InChI=1S/C14H27N3O/c1-18-11-8-14(6-5-7-14)12-16-13(15)17-9-3-2-4-10-17/h2-12H2,1H3,(H2,15,16). The van der Waals surface area contributed by atoms with E-state index < -0.39 is 0 Å². The van der Waals surface area contributed by atoms with Gasteiger partial charge < -0.3 is 15.4 Å². The molecule has 0 aromatic carbocycles. The first-order valence-corrected chi connectivity index (χ1v) is 7.30. The van der Waals surface area contributed by atoms with E-state index in [9.17, 15) is 0 Å². The van der Waals surface area contributed by atoms with Crippen LogP contribution in [0, 0.1) is 5.41 Å². The summed E-state index contributed by atoms with van der Waals surface area (Å²) in [5.41, 5.74) is 6.49. The van der Waals surface area contributed by atoms with Crippen LogP contribution in [0.4, 0.5) is 0 Å². The Kier molecular flexibility index (Phi) is 4.87. The molecule has 2 N–H and O–H groups in total. The molecule has 1 heterocycles. The highest BCUT2D eigenvalue weighted by Gasteiger charge is 2.36. The van der Waals surface area contributed by atoms with Crippen LogP contribution in [-0.4, -0.2) is 44.2 Å². The number of rotatable bonds is 5. The van der Waals surface area contributed by atoms with Crippen molar-refractivity contribution in [3.05, 3.63) is 0 Å². The molecule has 0 atom stereocenters. The van der Waals surface area contributed by atoms with E-state index in [1.165, 1.54) is 38.5 Å². The SMILES string of the molecule is COCCC1(CN=C(N)N2CCCCC2)CCC1. The quantitative estimate of drug-likeness (QED) is 0.602. The molecule has 0 unspecified atom stereocenters. The lowest BCUT2D eigenvalue weighted by molar-refractivity contribution is 0.0776. The molecular weight excluding hydrogens is 226 g/mol. The largest absolute Gasteiger partial charge is 0.385 e. The van der Waals surface area contributed by atoms with Crippen LogP contribution in [0.1, 0.15) is 44.9 Å². The molecule has 0 aromatic heterocycles. The van der Waals surface area contributed by atoms with Gasteiger partial charge in [-0.1, -0.05) is 6.42 Å². The second-order valence-electron chi connectivity index (χ2n) is 5.82. The average Bonchev–Trinajstić information content (AvgIpc) is 2.38. The molecule has 0 radical (unpaired) electrons. The summed E-state index contributed by atoms with van der Waals surface area (Å²) in [4.78, 5) is 6.90. The third-order valence-electron chi connectivity index (χ3n) is 4.51. The summed E-state index contributed by atoms with van der Waals surface area (Å²) in [6, 6.07) is 0. The molecule has 18 heavy (non-hydrogen) atoms. The highest BCUT2D eigenvalue weighted by atomic mass is 16.5. The van der Waals surface area contributed by atoms with E-state index in [-0.39, 0.29) is 0 Å². The Hall–Kier alpha value is -0.770. The lowest BCUT2D eigenvalue weighted by atomic mass is 9.67. The number of likely N-dealkylation sites (tertiary alicyclic amines) is 1. The van der Waals surface area contributed by atoms with Gasteiger partial charge in [0.1, 0.15) is 0 Å². The van der Waals surface area contributed by atoms with Gasteiger partial charge in [-0.3, -0.25) is 4.99 Å². The molecule has 0 aromatic rings. The van der Waals surface area contributed by atoms with Crippen molar-refractivity contribution in [3.8, 4) is 0 Å². The third kappa shape index (κ3) is 3.37. The fraction of sp³-hybridized carbons (Fsp3) is 0.929. The Morgan fingerprint density at radius 2 is 1.94 bits per heavy atom. The van der Waals surface area contributed by atoms with Crippen LogP contribution in [0.15, 0.2) is 4.99 Å². The highest BCUT2D eigenvalue weighted by Crippen LogP contribution is 2.44. The Morgan fingerprint density at radius 3 is 2.50 bits per heavy atom. The van der Waals surface area contributed by atoms with E-state index in [1.807, 2.05) is 0 Å². The Bertz CT molecular complexity index is 281. The van der Waals surface area contributed by atoms with Gasteiger partial charge in [0.2, 0.25) is 0 Å². The molecule has 2 aliphatic rings. The summed E-state index contributed by atoms with van der Waals surface area (Å²) in [5.74, 6) is 0.762. The number of nitrogens with zero attached hydrogens (tertiary/aromatic N) is 2. The van der Waals surface area contributed by atoms with Gasteiger partial charge in [-0.05, 0) is 43.9 Å². The maximum atomic E-state index is 6.11.